The molecule has 0 heterocycles. The fourth-order valence-corrected chi connectivity index (χ4v) is 2.16. The maximum atomic E-state index is 2.40. The van der Waals surface area contributed by atoms with E-state index in [1.165, 1.54) is 44.9 Å². The summed E-state index contributed by atoms with van der Waals surface area (Å²) < 4.78 is 0. The van der Waals surface area contributed by atoms with E-state index < -0.39 is 0 Å². The molecule has 1 aliphatic carbocycles. The van der Waals surface area contributed by atoms with Gasteiger partial charge in [-0.2, -0.15) is 0 Å². The lowest BCUT2D eigenvalue weighted by Gasteiger charge is -2.23. The van der Waals surface area contributed by atoms with Gasteiger partial charge in [-0.25, -0.2) is 0 Å². The third-order valence-corrected chi connectivity index (χ3v) is 3.16. The Morgan fingerprint density at radius 1 is 1.18 bits per heavy atom. The van der Waals surface area contributed by atoms with Crippen LogP contribution in [0.4, 0.5) is 0 Å². The van der Waals surface area contributed by atoms with Crippen LogP contribution in [0.15, 0.2) is 0 Å². The Morgan fingerprint density at radius 3 is 2.36 bits per heavy atom. The fourth-order valence-electron chi connectivity index (χ4n) is 2.16. The first kappa shape index (κ1) is 9.09. The second kappa shape index (κ2) is 4.79. The Labute approximate surface area is 71.4 Å². The molecule has 0 heteroatoms. The lowest BCUT2D eigenvalue weighted by molar-refractivity contribution is 0.293. The van der Waals surface area contributed by atoms with E-state index in [2.05, 4.69) is 13.8 Å². The summed E-state index contributed by atoms with van der Waals surface area (Å²) in [6, 6.07) is 0. The minimum Gasteiger partial charge on any atom is -0.0651 e. The molecule has 0 radical (unpaired) electrons. The molecule has 0 N–H and O–H groups in total. The normalized spacial score (nSPS) is 23.5. The third-order valence-electron chi connectivity index (χ3n) is 3.16. The standard InChI is InChI=1S/C11H22/c1-3-10(2)9-11-7-5-4-6-8-11/h10-11H,3-9H2,1-2H3. The highest BCUT2D eigenvalue weighted by Gasteiger charge is 2.14. The van der Waals surface area contributed by atoms with Gasteiger partial charge in [0.05, 0.1) is 0 Å². The molecular weight excluding hydrogens is 132 g/mol. The van der Waals surface area contributed by atoms with Gasteiger partial charge < -0.3 is 0 Å². The van der Waals surface area contributed by atoms with Gasteiger partial charge in [-0.15, -0.1) is 0 Å². The SMILES string of the molecule is CCC(C)CC1CCCCC1. The van der Waals surface area contributed by atoms with Crippen molar-refractivity contribution in [2.45, 2.75) is 58.8 Å². The highest BCUT2D eigenvalue weighted by Crippen LogP contribution is 2.29. The molecule has 1 unspecified atom stereocenters. The van der Waals surface area contributed by atoms with Crippen molar-refractivity contribution in [3.8, 4) is 0 Å². The van der Waals surface area contributed by atoms with Gasteiger partial charge >= 0.3 is 0 Å². The topological polar surface area (TPSA) is 0 Å². The van der Waals surface area contributed by atoms with Gasteiger partial charge in [0.1, 0.15) is 0 Å². The van der Waals surface area contributed by atoms with E-state index in [0.717, 1.165) is 11.8 Å². The largest absolute Gasteiger partial charge is 0.0651 e. The summed E-state index contributed by atoms with van der Waals surface area (Å²) >= 11 is 0. The number of hydrogen-bond donors (Lipinski definition) is 0. The van der Waals surface area contributed by atoms with E-state index in [9.17, 15) is 0 Å². The summed E-state index contributed by atoms with van der Waals surface area (Å²) in [6.45, 7) is 4.71. The first-order valence-electron chi connectivity index (χ1n) is 5.33. The smallest absolute Gasteiger partial charge is 0.0412 e. The molecule has 11 heavy (non-hydrogen) atoms. The van der Waals surface area contributed by atoms with Crippen molar-refractivity contribution in [3.05, 3.63) is 0 Å². The van der Waals surface area contributed by atoms with E-state index in [0.29, 0.717) is 0 Å². The van der Waals surface area contributed by atoms with Gasteiger partial charge in [-0.05, 0) is 18.3 Å². The van der Waals surface area contributed by atoms with Gasteiger partial charge in [0.15, 0.2) is 0 Å². The zero-order valence-corrected chi connectivity index (χ0v) is 8.10. The molecule has 0 saturated heterocycles. The maximum Gasteiger partial charge on any atom is -0.0412 e. The minimum absolute atomic E-state index is 0.970. The highest BCUT2D eigenvalue weighted by atomic mass is 14.2. The molecule has 0 bridgehead atoms. The van der Waals surface area contributed by atoms with Gasteiger partial charge in [-0.1, -0.05) is 52.4 Å². The van der Waals surface area contributed by atoms with Crippen LogP contribution < -0.4 is 0 Å². The third kappa shape index (κ3) is 3.27. The molecule has 0 amide bonds. The molecule has 0 aromatic heterocycles. The zero-order chi connectivity index (χ0) is 8.10. The Bertz CT molecular complexity index is 90.2. The van der Waals surface area contributed by atoms with Crippen LogP contribution in [0, 0.1) is 11.8 Å². The molecule has 1 aliphatic rings. The fraction of sp³-hybridized carbons (Fsp3) is 1.00. The molecule has 0 aliphatic heterocycles. The Balaban J connectivity index is 2.13. The van der Waals surface area contributed by atoms with Crippen LogP contribution in [0.5, 0.6) is 0 Å². The van der Waals surface area contributed by atoms with E-state index >= 15 is 0 Å². The van der Waals surface area contributed by atoms with Crippen molar-refractivity contribution >= 4 is 0 Å². The molecule has 1 saturated carbocycles. The van der Waals surface area contributed by atoms with Crippen LogP contribution in [0.2, 0.25) is 0 Å². The van der Waals surface area contributed by atoms with Gasteiger partial charge in [-0.3, -0.25) is 0 Å². The summed E-state index contributed by atoms with van der Waals surface area (Å²) in [7, 11) is 0. The highest BCUT2D eigenvalue weighted by molar-refractivity contribution is 4.67. The quantitative estimate of drug-likeness (QED) is 0.576. The van der Waals surface area contributed by atoms with Crippen molar-refractivity contribution in [3.63, 3.8) is 0 Å². The average Bonchev–Trinajstić information content (AvgIpc) is 2.06. The van der Waals surface area contributed by atoms with Crippen molar-refractivity contribution in [2.75, 3.05) is 0 Å². The maximum absolute atomic E-state index is 2.40. The predicted octanol–water partition coefficient (Wildman–Crippen LogP) is 4.00. The first-order valence-corrected chi connectivity index (χ1v) is 5.33. The van der Waals surface area contributed by atoms with Gasteiger partial charge in [0, 0.05) is 0 Å². The summed E-state index contributed by atoms with van der Waals surface area (Å²) in [4.78, 5) is 0. The Morgan fingerprint density at radius 2 is 1.82 bits per heavy atom. The van der Waals surface area contributed by atoms with E-state index in [1.807, 2.05) is 0 Å². The van der Waals surface area contributed by atoms with Crippen LogP contribution >= 0.6 is 0 Å². The molecule has 1 atom stereocenters. The molecule has 66 valence electrons. The second-order valence-electron chi connectivity index (χ2n) is 4.25. The van der Waals surface area contributed by atoms with Crippen molar-refractivity contribution in [1.29, 1.82) is 0 Å². The number of rotatable bonds is 3. The summed E-state index contributed by atoms with van der Waals surface area (Å²) in [6.07, 6.45) is 10.4. The van der Waals surface area contributed by atoms with Crippen LogP contribution in [0.3, 0.4) is 0 Å². The van der Waals surface area contributed by atoms with Crippen LogP contribution in [0.25, 0.3) is 0 Å². The molecule has 0 aromatic rings. The summed E-state index contributed by atoms with van der Waals surface area (Å²) in [5, 5.41) is 0. The monoisotopic (exact) mass is 154 g/mol. The molecule has 0 spiro atoms. The van der Waals surface area contributed by atoms with E-state index in [4.69, 9.17) is 0 Å². The molecule has 0 aromatic carbocycles. The summed E-state index contributed by atoms with van der Waals surface area (Å²) in [5.74, 6) is 2.05. The molecule has 1 rings (SSSR count). The van der Waals surface area contributed by atoms with Crippen LogP contribution in [-0.4, -0.2) is 0 Å². The van der Waals surface area contributed by atoms with Gasteiger partial charge in [0.2, 0.25) is 0 Å². The molecule has 0 nitrogen and oxygen atoms in total. The minimum atomic E-state index is 0.970. The average molecular weight is 154 g/mol. The van der Waals surface area contributed by atoms with Crippen LogP contribution in [-0.2, 0) is 0 Å². The first-order chi connectivity index (χ1) is 5.33. The lowest BCUT2D eigenvalue weighted by Crippen LogP contribution is -2.09. The van der Waals surface area contributed by atoms with Crippen molar-refractivity contribution in [2.24, 2.45) is 11.8 Å². The van der Waals surface area contributed by atoms with Crippen LogP contribution in [0.1, 0.15) is 58.8 Å². The lowest BCUT2D eigenvalue weighted by atomic mass is 9.83. The van der Waals surface area contributed by atoms with E-state index in [-0.39, 0.29) is 0 Å². The molecular formula is C11H22. The molecule has 1 fully saturated rings. The van der Waals surface area contributed by atoms with Crippen molar-refractivity contribution < 1.29 is 0 Å². The Kier molecular flexibility index (Phi) is 3.96. The Hall–Kier alpha value is 0. The predicted molar refractivity (Wildman–Crippen MR) is 50.6 cm³/mol. The van der Waals surface area contributed by atoms with Gasteiger partial charge in [0.25, 0.3) is 0 Å². The van der Waals surface area contributed by atoms with Crippen molar-refractivity contribution in [1.82, 2.24) is 0 Å². The zero-order valence-electron chi connectivity index (χ0n) is 8.10. The summed E-state index contributed by atoms with van der Waals surface area (Å²) in [5.41, 5.74) is 0. The van der Waals surface area contributed by atoms with E-state index in [1.54, 1.807) is 0 Å². The second-order valence-corrected chi connectivity index (χ2v) is 4.25. The number of hydrogen-bond acceptors (Lipinski definition) is 0.